The number of amides is 1. The van der Waals surface area contributed by atoms with Crippen molar-refractivity contribution in [1.29, 1.82) is 0 Å². The van der Waals surface area contributed by atoms with Gasteiger partial charge in [0.2, 0.25) is 5.91 Å². The Labute approximate surface area is 150 Å². The lowest BCUT2D eigenvalue weighted by atomic mass is 10.1. The van der Waals surface area contributed by atoms with Gasteiger partial charge >= 0.3 is 0 Å². The number of nitrogens with zero attached hydrogens (tertiary/aromatic N) is 3. The lowest BCUT2D eigenvalue weighted by molar-refractivity contribution is -0.137. The fourth-order valence-corrected chi connectivity index (χ4v) is 3.30. The topological polar surface area (TPSA) is 42.6 Å². The first-order chi connectivity index (χ1) is 11.2. The zero-order valence-electron chi connectivity index (χ0n) is 16.3. The van der Waals surface area contributed by atoms with Crippen molar-refractivity contribution < 1.29 is 4.79 Å². The van der Waals surface area contributed by atoms with Gasteiger partial charge in [0.15, 0.2) is 0 Å². The second-order valence-corrected chi connectivity index (χ2v) is 8.51. The van der Waals surface area contributed by atoms with Crippen molar-refractivity contribution in [1.82, 2.24) is 19.1 Å². The highest BCUT2D eigenvalue weighted by Crippen LogP contribution is 2.26. The molecular formula is C18H34N4OS. The maximum Gasteiger partial charge on any atom is 0.240 e. The van der Waals surface area contributed by atoms with E-state index in [1.165, 1.54) is 0 Å². The van der Waals surface area contributed by atoms with E-state index in [1.807, 2.05) is 37.9 Å². The van der Waals surface area contributed by atoms with Crippen molar-refractivity contribution in [3.63, 3.8) is 0 Å². The van der Waals surface area contributed by atoms with Gasteiger partial charge in [-0.05, 0) is 59.3 Å². The highest BCUT2D eigenvalue weighted by Gasteiger charge is 2.29. The third-order valence-electron chi connectivity index (χ3n) is 4.57. The fraction of sp³-hybridized carbons (Fsp3) is 0.667. The van der Waals surface area contributed by atoms with Crippen LogP contribution in [0.4, 0.5) is 0 Å². The van der Waals surface area contributed by atoms with Gasteiger partial charge < -0.3 is 9.88 Å². The Morgan fingerprint density at radius 3 is 2.33 bits per heavy atom. The van der Waals surface area contributed by atoms with Crippen LogP contribution in [0.25, 0.3) is 0 Å². The van der Waals surface area contributed by atoms with Gasteiger partial charge in [-0.3, -0.25) is 14.0 Å². The number of carbonyl (C=O) groups is 1. The van der Waals surface area contributed by atoms with Crippen molar-refractivity contribution in [2.45, 2.75) is 38.8 Å². The maximum absolute atomic E-state index is 13.0. The molecule has 3 atom stereocenters. The predicted molar refractivity (Wildman–Crippen MR) is 107 cm³/mol. The zero-order valence-corrected chi connectivity index (χ0v) is 17.1. The molecule has 1 aromatic heterocycles. The van der Waals surface area contributed by atoms with Crippen LogP contribution in [-0.2, 0) is 4.79 Å². The second-order valence-electron chi connectivity index (χ2n) is 6.69. The SMILES string of the molecule is C=S(C)N(C)CCC(c1ccc(C)[nH]1)N(C)C(=O)C(CC)N(C)C. The van der Waals surface area contributed by atoms with Gasteiger partial charge in [-0.1, -0.05) is 12.8 Å². The van der Waals surface area contributed by atoms with Crippen LogP contribution in [0.5, 0.6) is 0 Å². The normalized spacial score (nSPS) is 15.5. The van der Waals surface area contributed by atoms with E-state index in [1.54, 1.807) is 0 Å². The van der Waals surface area contributed by atoms with Crippen molar-refractivity contribution >= 4 is 22.4 Å². The van der Waals surface area contributed by atoms with Gasteiger partial charge in [0.25, 0.3) is 0 Å². The summed E-state index contributed by atoms with van der Waals surface area (Å²) in [5.41, 5.74) is 2.22. The molecule has 1 N–H and O–H groups in total. The molecule has 1 amide bonds. The highest BCUT2D eigenvalue weighted by atomic mass is 32.2. The van der Waals surface area contributed by atoms with Gasteiger partial charge in [-0.2, -0.15) is 0 Å². The molecule has 0 aliphatic heterocycles. The number of aromatic nitrogens is 1. The van der Waals surface area contributed by atoms with Crippen molar-refractivity contribution in [2.24, 2.45) is 0 Å². The molecule has 0 spiro atoms. The Balaban J connectivity index is 2.99. The molecule has 0 bridgehead atoms. The molecule has 0 saturated heterocycles. The van der Waals surface area contributed by atoms with Gasteiger partial charge in [0.1, 0.15) is 0 Å². The quantitative estimate of drug-likeness (QED) is 0.694. The van der Waals surface area contributed by atoms with E-state index < -0.39 is 0 Å². The van der Waals surface area contributed by atoms with Crippen LogP contribution in [0.3, 0.4) is 0 Å². The first-order valence-corrected chi connectivity index (χ1v) is 10.2. The summed E-state index contributed by atoms with van der Waals surface area (Å²) < 4.78 is 2.24. The predicted octanol–water partition coefficient (Wildman–Crippen LogP) is 2.73. The van der Waals surface area contributed by atoms with Crippen molar-refractivity contribution in [2.75, 3.05) is 41.0 Å². The summed E-state index contributed by atoms with van der Waals surface area (Å²) in [5, 5.41) is 0. The van der Waals surface area contributed by atoms with E-state index in [-0.39, 0.29) is 28.7 Å². The zero-order chi connectivity index (χ0) is 18.4. The summed E-state index contributed by atoms with van der Waals surface area (Å²) in [5.74, 6) is 4.27. The fourth-order valence-electron chi connectivity index (χ4n) is 2.89. The molecule has 5 nitrogen and oxygen atoms in total. The van der Waals surface area contributed by atoms with Gasteiger partial charge in [-0.15, -0.1) is 10.7 Å². The molecule has 24 heavy (non-hydrogen) atoms. The van der Waals surface area contributed by atoms with Crippen LogP contribution < -0.4 is 0 Å². The van der Waals surface area contributed by atoms with Crippen LogP contribution in [0.15, 0.2) is 12.1 Å². The number of hydrogen-bond donors (Lipinski definition) is 1. The number of aryl methyl sites for hydroxylation is 1. The smallest absolute Gasteiger partial charge is 0.240 e. The molecule has 6 heteroatoms. The standard InChI is InChI=1S/C18H34N4OS/c1-9-16(20(3)4)18(23)22(6)17(12-13-21(5)24(7)8)15-11-10-14(2)19-15/h10-11,16-17,19H,7,9,12-13H2,1-6,8H3. The van der Waals surface area contributed by atoms with E-state index in [0.717, 1.165) is 30.8 Å². The average Bonchev–Trinajstić information content (AvgIpc) is 2.93. The van der Waals surface area contributed by atoms with Crippen LogP contribution >= 0.6 is 10.7 Å². The summed E-state index contributed by atoms with van der Waals surface area (Å²) in [4.78, 5) is 20.3. The van der Waals surface area contributed by atoms with E-state index in [0.29, 0.717) is 0 Å². The lowest BCUT2D eigenvalue weighted by Gasteiger charge is -2.34. The van der Waals surface area contributed by atoms with E-state index >= 15 is 0 Å². The monoisotopic (exact) mass is 354 g/mol. The number of nitrogens with one attached hydrogen (secondary N) is 1. The minimum Gasteiger partial charge on any atom is -0.361 e. The Bertz CT molecular complexity index is 555. The summed E-state index contributed by atoms with van der Waals surface area (Å²) in [7, 11) is 7.93. The molecule has 0 radical (unpaired) electrons. The van der Waals surface area contributed by atoms with E-state index in [9.17, 15) is 4.79 Å². The van der Waals surface area contributed by atoms with E-state index in [2.05, 4.69) is 47.5 Å². The Kier molecular flexibility index (Phi) is 8.19. The van der Waals surface area contributed by atoms with Gasteiger partial charge in [-0.25, -0.2) is 0 Å². The van der Waals surface area contributed by atoms with Crippen LogP contribution in [0, 0.1) is 6.92 Å². The number of hydrogen-bond acceptors (Lipinski definition) is 3. The first kappa shape index (κ1) is 20.9. The van der Waals surface area contributed by atoms with Crippen molar-refractivity contribution in [3.8, 4) is 0 Å². The van der Waals surface area contributed by atoms with Crippen LogP contribution in [0.2, 0.25) is 0 Å². The molecule has 0 saturated carbocycles. The molecular weight excluding hydrogens is 320 g/mol. The highest BCUT2D eigenvalue weighted by molar-refractivity contribution is 8.11. The lowest BCUT2D eigenvalue weighted by Crippen LogP contribution is -2.45. The number of aromatic amines is 1. The molecule has 0 aliphatic rings. The molecule has 138 valence electrons. The average molecular weight is 355 g/mol. The molecule has 3 unspecified atom stereocenters. The maximum atomic E-state index is 13.0. The molecule has 1 aromatic rings. The Morgan fingerprint density at radius 2 is 1.92 bits per heavy atom. The van der Waals surface area contributed by atoms with E-state index in [4.69, 9.17) is 0 Å². The number of likely N-dealkylation sites (N-methyl/N-ethyl adjacent to an activating group) is 2. The van der Waals surface area contributed by atoms with Crippen LogP contribution in [0.1, 0.15) is 37.2 Å². The third kappa shape index (κ3) is 5.46. The van der Waals surface area contributed by atoms with Gasteiger partial charge in [0.05, 0.1) is 12.1 Å². The summed E-state index contributed by atoms with van der Waals surface area (Å²) in [6.07, 6.45) is 3.81. The Hall–Kier alpha value is -1.11. The van der Waals surface area contributed by atoms with Gasteiger partial charge in [0, 0.05) is 25.0 Å². The molecule has 0 aliphatic carbocycles. The largest absolute Gasteiger partial charge is 0.361 e. The molecule has 0 aromatic carbocycles. The first-order valence-electron chi connectivity index (χ1n) is 8.44. The van der Waals surface area contributed by atoms with Crippen LogP contribution in [-0.4, -0.2) is 77.9 Å². The number of carbonyl (C=O) groups excluding carboxylic acids is 1. The minimum atomic E-state index is -0.0834. The summed E-state index contributed by atoms with van der Waals surface area (Å²) in [6.45, 7) is 5.01. The summed E-state index contributed by atoms with van der Waals surface area (Å²) >= 11 is 0. The molecule has 0 fully saturated rings. The number of rotatable bonds is 9. The summed E-state index contributed by atoms with van der Waals surface area (Å²) in [6, 6.07) is 4.13. The molecule has 1 rings (SSSR count). The van der Waals surface area contributed by atoms with Crippen molar-refractivity contribution in [3.05, 3.63) is 23.5 Å². The third-order valence-corrected chi connectivity index (χ3v) is 5.82. The Morgan fingerprint density at radius 1 is 1.29 bits per heavy atom. The minimum absolute atomic E-state index is 0.00812. The molecule has 1 heterocycles. The second kappa shape index (κ2) is 9.39. The number of H-pyrrole nitrogens is 1.